The number of rotatable bonds is 5. The fourth-order valence-corrected chi connectivity index (χ4v) is 3.03. The van der Waals surface area contributed by atoms with Crippen molar-refractivity contribution in [2.45, 2.75) is 41.2 Å². The average Bonchev–Trinajstić information content (AvgIpc) is 2.94. The molecular formula is C18H23F2NO2. The molecule has 1 fully saturated rings. The van der Waals surface area contributed by atoms with Gasteiger partial charge in [-0.2, -0.15) is 8.78 Å². The molecule has 1 aromatic carbocycles. The minimum absolute atomic E-state index is 0.0775. The number of hydrogen-bond donors (Lipinski definition) is 1. The van der Waals surface area contributed by atoms with Gasteiger partial charge in [-0.05, 0) is 44.2 Å². The number of allylic oxidation sites excluding steroid dienone is 2. The van der Waals surface area contributed by atoms with Crippen LogP contribution < -0.4 is 10.1 Å². The lowest BCUT2D eigenvalue weighted by Gasteiger charge is -2.13. The molecule has 0 aliphatic heterocycles. The van der Waals surface area contributed by atoms with E-state index in [2.05, 4.69) is 30.0 Å². The van der Waals surface area contributed by atoms with E-state index in [9.17, 15) is 13.6 Å². The molecule has 1 aliphatic carbocycles. The quantitative estimate of drug-likeness (QED) is 0.792. The summed E-state index contributed by atoms with van der Waals surface area (Å²) in [5.74, 6) is 0.0771. The van der Waals surface area contributed by atoms with Crippen molar-refractivity contribution in [3.05, 3.63) is 35.4 Å². The summed E-state index contributed by atoms with van der Waals surface area (Å²) in [6.45, 7) is 6.91. The van der Waals surface area contributed by atoms with Gasteiger partial charge >= 0.3 is 6.61 Å². The lowest BCUT2D eigenvalue weighted by molar-refractivity contribution is -0.118. The lowest BCUT2D eigenvalue weighted by Crippen LogP contribution is -2.18. The molecule has 126 valence electrons. The van der Waals surface area contributed by atoms with Crippen molar-refractivity contribution in [3.8, 4) is 5.75 Å². The number of halogens is 2. The zero-order valence-corrected chi connectivity index (χ0v) is 14.1. The number of benzene rings is 1. The maximum absolute atomic E-state index is 12.5. The number of carbonyl (C=O) groups excluding carboxylic acids is 1. The molecule has 2 rings (SSSR count). The van der Waals surface area contributed by atoms with Gasteiger partial charge in [-0.1, -0.05) is 31.6 Å². The summed E-state index contributed by atoms with van der Waals surface area (Å²) in [6, 6.07) is 4.74. The van der Waals surface area contributed by atoms with E-state index in [1.165, 1.54) is 11.6 Å². The van der Waals surface area contributed by atoms with Crippen molar-refractivity contribution in [3.63, 3.8) is 0 Å². The molecule has 0 heterocycles. The highest BCUT2D eigenvalue weighted by atomic mass is 19.3. The van der Waals surface area contributed by atoms with Crippen molar-refractivity contribution in [1.29, 1.82) is 0 Å². The molecule has 1 N–H and O–H groups in total. The Morgan fingerprint density at radius 3 is 2.57 bits per heavy atom. The zero-order valence-electron chi connectivity index (χ0n) is 14.1. The van der Waals surface area contributed by atoms with Crippen LogP contribution in [0.3, 0.4) is 0 Å². The van der Waals surface area contributed by atoms with Gasteiger partial charge in [0.25, 0.3) is 0 Å². The van der Waals surface area contributed by atoms with Gasteiger partial charge in [0.1, 0.15) is 5.75 Å². The van der Waals surface area contributed by atoms with E-state index in [1.54, 1.807) is 19.1 Å². The summed E-state index contributed by atoms with van der Waals surface area (Å²) in [5, 5.41) is 2.85. The molecule has 0 aromatic heterocycles. The minimum Gasteiger partial charge on any atom is -0.434 e. The first kappa shape index (κ1) is 17.4. The highest BCUT2D eigenvalue weighted by Gasteiger charge is 2.60. The Morgan fingerprint density at radius 1 is 1.35 bits per heavy atom. The predicted octanol–water partition coefficient (Wildman–Crippen LogP) is 4.77. The summed E-state index contributed by atoms with van der Waals surface area (Å²) in [7, 11) is 0. The third-order valence-corrected chi connectivity index (χ3v) is 4.46. The second-order valence-electron chi connectivity index (χ2n) is 6.87. The third kappa shape index (κ3) is 3.71. The molecule has 0 spiro atoms. The first-order chi connectivity index (χ1) is 10.6. The fraction of sp³-hybridized carbons (Fsp3) is 0.500. The van der Waals surface area contributed by atoms with Crippen LogP contribution in [-0.4, -0.2) is 12.5 Å². The summed E-state index contributed by atoms with van der Waals surface area (Å²) in [6.07, 6.45) is 2.12. The standard InChI is InChI=1S/C18H23F2NO2/c1-10(2)9-12-15(18(12,4)5)16(22)21-13-7-6-8-14(11(13)3)23-17(19)20/h6-9,12,15,17H,1-5H3,(H,21,22)/t12-,15+/m0/s1. The summed E-state index contributed by atoms with van der Waals surface area (Å²) < 4.78 is 29.2. The maximum Gasteiger partial charge on any atom is 0.387 e. The van der Waals surface area contributed by atoms with Crippen LogP contribution in [0, 0.1) is 24.2 Å². The van der Waals surface area contributed by atoms with Crippen molar-refractivity contribution in [2.75, 3.05) is 5.32 Å². The van der Waals surface area contributed by atoms with Gasteiger partial charge in [0.15, 0.2) is 0 Å². The van der Waals surface area contributed by atoms with Gasteiger partial charge in [-0.3, -0.25) is 4.79 Å². The molecule has 3 nitrogen and oxygen atoms in total. The molecule has 5 heteroatoms. The van der Waals surface area contributed by atoms with Crippen LogP contribution in [0.25, 0.3) is 0 Å². The van der Waals surface area contributed by atoms with Crippen molar-refractivity contribution in [2.24, 2.45) is 17.3 Å². The molecule has 1 saturated carbocycles. The lowest BCUT2D eigenvalue weighted by atomic mass is 10.1. The van der Waals surface area contributed by atoms with E-state index in [1.807, 2.05) is 13.8 Å². The maximum atomic E-state index is 12.5. The fourth-order valence-electron chi connectivity index (χ4n) is 3.03. The van der Waals surface area contributed by atoms with Crippen LogP contribution in [0.2, 0.25) is 0 Å². The van der Waals surface area contributed by atoms with Crippen LogP contribution in [0.1, 0.15) is 33.3 Å². The Labute approximate surface area is 135 Å². The zero-order chi connectivity index (χ0) is 17.4. The predicted molar refractivity (Wildman–Crippen MR) is 86.6 cm³/mol. The Kier molecular flexibility index (Phi) is 4.78. The van der Waals surface area contributed by atoms with Crippen molar-refractivity contribution >= 4 is 11.6 Å². The number of hydrogen-bond acceptors (Lipinski definition) is 2. The Bertz CT molecular complexity index is 634. The highest BCUT2D eigenvalue weighted by Crippen LogP contribution is 2.59. The molecule has 0 unspecified atom stereocenters. The van der Waals surface area contributed by atoms with Crippen LogP contribution >= 0.6 is 0 Å². The molecule has 23 heavy (non-hydrogen) atoms. The number of alkyl halides is 2. The van der Waals surface area contributed by atoms with Gasteiger partial charge in [0.2, 0.25) is 5.91 Å². The normalized spacial score (nSPS) is 21.7. The Balaban J connectivity index is 2.14. The molecule has 0 radical (unpaired) electrons. The smallest absolute Gasteiger partial charge is 0.387 e. The number of carbonyl (C=O) groups is 1. The van der Waals surface area contributed by atoms with Gasteiger partial charge in [0, 0.05) is 11.3 Å². The van der Waals surface area contributed by atoms with E-state index in [0.29, 0.717) is 11.3 Å². The largest absolute Gasteiger partial charge is 0.434 e. The second-order valence-corrected chi connectivity index (χ2v) is 6.87. The number of anilines is 1. The topological polar surface area (TPSA) is 38.3 Å². The molecule has 1 amide bonds. The van der Waals surface area contributed by atoms with Gasteiger partial charge < -0.3 is 10.1 Å². The second kappa shape index (κ2) is 6.30. The summed E-state index contributed by atoms with van der Waals surface area (Å²) in [4.78, 5) is 12.5. The van der Waals surface area contributed by atoms with Crippen LogP contribution in [0.15, 0.2) is 29.8 Å². The number of ether oxygens (including phenoxy) is 1. The first-order valence-electron chi connectivity index (χ1n) is 7.65. The summed E-state index contributed by atoms with van der Waals surface area (Å²) in [5.41, 5.74) is 2.10. The Morgan fingerprint density at radius 2 is 2.00 bits per heavy atom. The van der Waals surface area contributed by atoms with E-state index < -0.39 is 6.61 Å². The van der Waals surface area contributed by atoms with E-state index in [-0.39, 0.29) is 28.9 Å². The highest BCUT2D eigenvalue weighted by molar-refractivity contribution is 5.96. The Hall–Kier alpha value is -1.91. The average molecular weight is 323 g/mol. The van der Waals surface area contributed by atoms with Crippen molar-refractivity contribution < 1.29 is 18.3 Å². The van der Waals surface area contributed by atoms with E-state index >= 15 is 0 Å². The SMILES string of the molecule is CC(C)=C[C@H]1[C@H](C(=O)Nc2cccc(OC(F)F)c2C)C1(C)C. The molecular weight excluding hydrogens is 300 g/mol. The van der Waals surface area contributed by atoms with Crippen LogP contribution in [0.5, 0.6) is 5.75 Å². The molecule has 1 aliphatic rings. The first-order valence-corrected chi connectivity index (χ1v) is 7.65. The monoisotopic (exact) mass is 323 g/mol. The number of amides is 1. The third-order valence-electron chi connectivity index (χ3n) is 4.46. The minimum atomic E-state index is -2.89. The molecule has 0 saturated heterocycles. The van der Waals surface area contributed by atoms with Crippen molar-refractivity contribution in [1.82, 2.24) is 0 Å². The van der Waals surface area contributed by atoms with Crippen LogP contribution in [0.4, 0.5) is 14.5 Å². The molecule has 2 atom stereocenters. The molecule has 0 bridgehead atoms. The van der Waals surface area contributed by atoms with Crippen LogP contribution in [-0.2, 0) is 4.79 Å². The van der Waals surface area contributed by atoms with E-state index in [0.717, 1.165) is 0 Å². The number of nitrogens with one attached hydrogen (secondary N) is 1. The molecule has 1 aromatic rings. The van der Waals surface area contributed by atoms with E-state index in [4.69, 9.17) is 0 Å². The summed E-state index contributed by atoms with van der Waals surface area (Å²) >= 11 is 0. The van der Waals surface area contributed by atoms with Gasteiger partial charge in [0.05, 0.1) is 5.92 Å². The van der Waals surface area contributed by atoms with Gasteiger partial charge in [-0.25, -0.2) is 0 Å². The van der Waals surface area contributed by atoms with Gasteiger partial charge in [-0.15, -0.1) is 0 Å².